The molecule has 4 atom stereocenters. The van der Waals surface area contributed by atoms with E-state index < -0.39 is 60.6 Å². The van der Waals surface area contributed by atoms with Crippen molar-refractivity contribution >= 4 is 34.8 Å². The molecule has 2 amide bonds. The molecule has 1 aromatic heterocycles. The summed E-state index contributed by atoms with van der Waals surface area (Å²) in [5.74, 6) is -2.69. The fourth-order valence-electron chi connectivity index (χ4n) is 4.72. The lowest BCUT2D eigenvalue weighted by molar-refractivity contribution is -0.361. The standard InChI is InChI=1S/C27H30F3N3O7/c1-26(2,3)20-22(34)33-18(24(35)36)14-19(23(33)40-27(28,29)30)39-21-17-13-15(8-9-16(17)10-11-31-21)7-5-4-6-12-38-25(37)32-20/h5,7-11,13,18-20,23H,4,6,12,14H2,1-3H3,(H,32,37)(H,35,36)/b7-5+/t18-,19+,20+,23?/m0/s1. The Bertz CT molecular complexity index is 1310. The number of fused-ring (bicyclic) bond motifs is 3. The van der Waals surface area contributed by atoms with Crippen molar-refractivity contribution in [2.45, 2.75) is 70.8 Å². The van der Waals surface area contributed by atoms with E-state index in [2.05, 4.69) is 15.0 Å². The number of cyclic esters (lactones) is 1. The van der Waals surface area contributed by atoms with Crippen molar-refractivity contribution < 1.29 is 46.9 Å². The van der Waals surface area contributed by atoms with Gasteiger partial charge in [0.1, 0.15) is 18.2 Å². The van der Waals surface area contributed by atoms with Crippen molar-refractivity contribution in [1.29, 1.82) is 0 Å². The molecule has 0 saturated carbocycles. The Balaban J connectivity index is 1.85. The second kappa shape index (κ2) is 11.3. The summed E-state index contributed by atoms with van der Waals surface area (Å²) in [4.78, 5) is 43.3. The van der Waals surface area contributed by atoms with Gasteiger partial charge < -0.3 is 19.9 Å². The highest BCUT2D eigenvalue weighted by Gasteiger charge is 2.55. The maximum absolute atomic E-state index is 13.8. The summed E-state index contributed by atoms with van der Waals surface area (Å²) in [6, 6.07) is 3.87. The van der Waals surface area contributed by atoms with Crippen LogP contribution in [-0.2, 0) is 19.1 Å². The Morgan fingerprint density at radius 1 is 1.20 bits per heavy atom. The van der Waals surface area contributed by atoms with Crippen LogP contribution in [0.3, 0.4) is 0 Å². The van der Waals surface area contributed by atoms with E-state index in [0.29, 0.717) is 28.5 Å². The molecule has 2 aliphatic rings. The molecule has 1 saturated heterocycles. The summed E-state index contributed by atoms with van der Waals surface area (Å²) in [6.07, 6.45) is -4.31. The third-order valence-electron chi connectivity index (χ3n) is 6.63. The molecule has 216 valence electrons. The van der Waals surface area contributed by atoms with Crippen LogP contribution < -0.4 is 10.1 Å². The van der Waals surface area contributed by atoms with Gasteiger partial charge in [-0.25, -0.2) is 14.6 Å². The SMILES string of the molecule is CC(C)(C)[C@@H]1NC(=O)OCCC/C=C/c2ccc3ccnc(c3c2)O[C@@H]2C[C@@H](C(=O)O)N(C1=O)C2OC(F)(F)F. The molecule has 0 radical (unpaired) electrons. The number of aromatic nitrogens is 1. The number of alkyl carbamates (subject to hydrolysis) is 1. The van der Waals surface area contributed by atoms with Crippen molar-refractivity contribution in [2.75, 3.05) is 6.61 Å². The van der Waals surface area contributed by atoms with Crippen LogP contribution in [0.2, 0.25) is 0 Å². The predicted molar refractivity (Wildman–Crippen MR) is 136 cm³/mol. The average Bonchev–Trinajstić information content (AvgIpc) is 3.20. The number of amides is 2. The summed E-state index contributed by atoms with van der Waals surface area (Å²) in [5, 5.41) is 13.5. The van der Waals surface area contributed by atoms with E-state index in [0.717, 1.165) is 5.56 Å². The van der Waals surface area contributed by atoms with Crippen LogP contribution in [0.1, 0.15) is 45.6 Å². The number of rotatable bonds is 2. The first-order chi connectivity index (χ1) is 18.7. The number of nitrogens with zero attached hydrogens (tertiary/aromatic N) is 2. The van der Waals surface area contributed by atoms with Crippen molar-refractivity contribution in [3.05, 3.63) is 42.1 Å². The molecule has 2 N–H and O–H groups in total. The van der Waals surface area contributed by atoms with Gasteiger partial charge in [0.05, 0.1) is 6.61 Å². The van der Waals surface area contributed by atoms with Gasteiger partial charge in [0.2, 0.25) is 11.8 Å². The van der Waals surface area contributed by atoms with E-state index in [1.807, 2.05) is 18.2 Å². The summed E-state index contributed by atoms with van der Waals surface area (Å²) < 4.78 is 56.4. The monoisotopic (exact) mass is 565 g/mol. The second-order valence-electron chi connectivity index (χ2n) is 10.7. The number of nitrogens with one attached hydrogen (secondary N) is 1. The summed E-state index contributed by atoms with van der Waals surface area (Å²) in [6.45, 7) is 4.74. The zero-order valence-electron chi connectivity index (χ0n) is 22.1. The number of alkyl halides is 3. The van der Waals surface area contributed by atoms with Gasteiger partial charge in [0, 0.05) is 18.0 Å². The van der Waals surface area contributed by atoms with E-state index in [1.165, 1.54) is 6.20 Å². The highest BCUT2D eigenvalue weighted by atomic mass is 19.4. The summed E-state index contributed by atoms with van der Waals surface area (Å²) in [7, 11) is 0. The third kappa shape index (κ3) is 6.64. The smallest absolute Gasteiger partial charge is 0.480 e. The fourth-order valence-corrected chi connectivity index (χ4v) is 4.72. The molecular weight excluding hydrogens is 535 g/mol. The van der Waals surface area contributed by atoms with Crippen LogP contribution in [0, 0.1) is 5.41 Å². The zero-order chi connectivity index (χ0) is 29.2. The number of allylic oxidation sites excluding steroid dienone is 1. The van der Waals surface area contributed by atoms with Crippen LogP contribution in [0.5, 0.6) is 5.88 Å². The first kappa shape index (κ1) is 29.1. The molecule has 3 heterocycles. The van der Waals surface area contributed by atoms with Crippen LogP contribution >= 0.6 is 0 Å². The lowest BCUT2D eigenvalue weighted by atomic mass is 9.85. The van der Waals surface area contributed by atoms with Gasteiger partial charge in [0.25, 0.3) is 0 Å². The quantitative estimate of drug-likeness (QED) is 0.546. The van der Waals surface area contributed by atoms with Crippen molar-refractivity contribution in [1.82, 2.24) is 15.2 Å². The minimum Gasteiger partial charge on any atom is -0.480 e. The lowest BCUT2D eigenvalue weighted by Crippen LogP contribution is -2.60. The number of carbonyl (C=O) groups is 3. The largest absolute Gasteiger partial charge is 0.524 e. The number of aliphatic carboxylic acids is 1. The molecule has 40 heavy (non-hydrogen) atoms. The van der Waals surface area contributed by atoms with E-state index in [9.17, 15) is 32.7 Å². The van der Waals surface area contributed by atoms with Gasteiger partial charge in [-0.05, 0) is 41.3 Å². The van der Waals surface area contributed by atoms with Crippen molar-refractivity contribution in [3.63, 3.8) is 0 Å². The van der Waals surface area contributed by atoms with E-state index in [1.54, 1.807) is 39.0 Å². The number of hydrogen-bond acceptors (Lipinski definition) is 7. The number of pyridine rings is 1. The summed E-state index contributed by atoms with van der Waals surface area (Å²) in [5.41, 5.74) is -0.286. The van der Waals surface area contributed by atoms with Crippen LogP contribution in [0.25, 0.3) is 16.8 Å². The Morgan fingerprint density at radius 2 is 1.95 bits per heavy atom. The molecule has 1 unspecified atom stereocenters. The average molecular weight is 566 g/mol. The van der Waals surface area contributed by atoms with Gasteiger partial charge in [-0.1, -0.05) is 45.1 Å². The molecular formula is C27H30F3N3O7. The van der Waals surface area contributed by atoms with Gasteiger partial charge >= 0.3 is 18.4 Å². The van der Waals surface area contributed by atoms with Crippen LogP contribution in [0.4, 0.5) is 18.0 Å². The molecule has 4 rings (SSSR count). The Hall–Kier alpha value is -3.87. The number of ether oxygens (including phenoxy) is 3. The number of halogens is 3. The van der Waals surface area contributed by atoms with E-state index in [4.69, 9.17) is 9.47 Å². The zero-order valence-corrected chi connectivity index (χ0v) is 22.1. The lowest BCUT2D eigenvalue weighted by Gasteiger charge is -2.37. The van der Waals surface area contributed by atoms with Crippen molar-refractivity contribution in [2.24, 2.45) is 5.41 Å². The second-order valence-corrected chi connectivity index (χ2v) is 10.7. The van der Waals surface area contributed by atoms with Crippen LogP contribution in [0.15, 0.2) is 36.5 Å². The molecule has 13 heteroatoms. The molecule has 0 spiro atoms. The summed E-state index contributed by atoms with van der Waals surface area (Å²) >= 11 is 0. The first-order valence-corrected chi connectivity index (χ1v) is 12.7. The van der Waals surface area contributed by atoms with Gasteiger partial charge in [0.15, 0.2) is 6.23 Å². The predicted octanol–water partition coefficient (Wildman–Crippen LogP) is 4.48. The van der Waals surface area contributed by atoms with Gasteiger partial charge in [-0.3, -0.25) is 14.4 Å². The Labute approximate surface area is 228 Å². The maximum atomic E-state index is 13.8. The highest BCUT2D eigenvalue weighted by Crippen LogP contribution is 2.37. The van der Waals surface area contributed by atoms with Crippen molar-refractivity contribution in [3.8, 4) is 5.88 Å². The molecule has 0 aliphatic carbocycles. The molecule has 2 aromatic rings. The first-order valence-electron chi connectivity index (χ1n) is 12.7. The third-order valence-corrected chi connectivity index (χ3v) is 6.63. The number of carboxylic acid groups (broad SMARTS) is 1. The Kier molecular flexibility index (Phi) is 8.24. The number of hydrogen-bond donors (Lipinski definition) is 2. The minimum absolute atomic E-state index is 0.0181. The molecule has 1 fully saturated rings. The number of carboxylic acids is 1. The van der Waals surface area contributed by atoms with E-state index in [-0.39, 0.29) is 12.5 Å². The topological polar surface area (TPSA) is 127 Å². The van der Waals surface area contributed by atoms with Crippen LogP contribution in [-0.4, -0.2) is 70.3 Å². The number of benzene rings is 1. The van der Waals surface area contributed by atoms with Gasteiger partial charge in [-0.2, -0.15) is 0 Å². The fraction of sp³-hybridized carbons (Fsp3) is 0.481. The highest BCUT2D eigenvalue weighted by molar-refractivity contribution is 5.91. The molecule has 1 aromatic carbocycles. The minimum atomic E-state index is -5.25. The maximum Gasteiger partial charge on any atom is 0.524 e. The molecule has 10 nitrogen and oxygen atoms in total. The van der Waals surface area contributed by atoms with E-state index >= 15 is 0 Å². The molecule has 2 aliphatic heterocycles. The normalized spacial score (nSPS) is 25.5. The Morgan fingerprint density at radius 3 is 2.62 bits per heavy atom. The van der Waals surface area contributed by atoms with Gasteiger partial charge in [-0.15, -0.1) is 13.2 Å². The number of carbonyl (C=O) groups excluding carboxylic acids is 2. The molecule has 4 bridgehead atoms.